The summed E-state index contributed by atoms with van der Waals surface area (Å²) in [5.74, 6) is 0.231. The largest absolute Gasteiger partial charge is 0.369 e. The van der Waals surface area contributed by atoms with E-state index in [1.54, 1.807) is 0 Å². The summed E-state index contributed by atoms with van der Waals surface area (Å²) in [5.41, 5.74) is 9.89. The van der Waals surface area contributed by atoms with Crippen LogP contribution in [0.4, 0.5) is 10.1 Å². The first-order valence-corrected chi connectivity index (χ1v) is 7.44. The normalized spacial score (nSPS) is 22.3. The fourth-order valence-corrected chi connectivity index (χ4v) is 3.08. The summed E-state index contributed by atoms with van der Waals surface area (Å²) in [6.45, 7) is 3.86. The van der Waals surface area contributed by atoms with Crippen molar-refractivity contribution in [1.82, 2.24) is 0 Å². The van der Waals surface area contributed by atoms with Gasteiger partial charge < -0.3 is 10.6 Å². The molecule has 2 nitrogen and oxygen atoms in total. The van der Waals surface area contributed by atoms with E-state index in [0.717, 1.165) is 25.2 Å². The van der Waals surface area contributed by atoms with E-state index >= 15 is 0 Å². The lowest BCUT2D eigenvalue weighted by atomic mass is 9.88. The molecule has 2 N–H and O–H groups in total. The second-order valence-electron chi connectivity index (χ2n) is 5.98. The third-order valence-electron chi connectivity index (χ3n) is 4.22. The minimum Gasteiger partial charge on any atom is -0.369 e. The number of nitrogens with two attached hydrogens (primary N) is 1. The van der Waals surface area contributed by atoms with Crippen molar-refractivity contribution in [3.8, 4) is 0 Å². The number of anilines is 1. The second kappa shape index (κ2) is 5.86. The molecule has 0 radical (unpaired) electrons. The van der Waals surface area contributed by atoms with Crippen LogP contribution in [0.3, 0.4) is 0 Å². The van der Waals surface area contributed by atoms with E-state index in [1.165, 1.54) is 23.3 Å². The summed E-state index contributed by atoms with van der Waals surface area (Å²) in [7, 11) is 0. The van der Waals surface area contributed by atoms with Gasteiger partial charge in [-0.25, -0.2) is 4.39 Å². The van der Waals surface area contributed by atoms with Gasteiger partial charge in [-0.15, -0.1) is 0 Å². The number of piperidine rings is 1. The second-order valence-corrected chi connectivity index (χ2v) is 5.98. The summed E-state index contributed by atoms with van der Waals surface area (Å²) >= 11 is 0. The molecule has 0 saturated carbocycles. The van der Waals surface area contributed by atoms with Gasteiger partial charge in [-0.2, -0.15) is 0 Å². The third kappa shape index (κ3) is 3.24. The number of benzene rings is 2. The van der Waals surface area contributed by atoms with Crippen LogP contribution in [0.15, 0.2) is 48.5 Å². The van der Waals surface area contributed by atoms with Gasteiger partial charge in [-0.05, 0) is 43.2 Å². The summed E-state index contributed by atoms with van der Waals surface area (Å²) in [5, 5.41) is 0. The molecular weight excluding hydrogens is 263 g/mol. The molecule has 0 spiro atoms. The molecule has 1 aliphatic heterocycles. The third-order valence-corrected chi connectivity index (χ3v) is 4.22. The monoisotopic (exact) mass is 284 g/mol. The van der Waals surface area contributed by atoms with Gasteiger partial charge in [0.15, 0.2) is 0 Å². The van der Waals surface area contributed by atoms with Gasteiger partial charge in [-0.1, -0.05) is 29.8 Å². The Bertz CT molecular complexity index is 538. The maximum absolute atomic E-state index is 13.1. The lowest BCUT2D eigenvalue weighted by Gasteiger charge is -2.38. The molecule has 1 aliphatic rings. The molecule has 3 rings (SSSR count). The first-order valence-electron chi connectivity index (χ1n) is 7.44. The van der Waals surface area contributed by atoms with E-state index < -0.39 is 0 Å². The van der Waals surface area contributed by atoms with Crippen molar-refractivity contribution < 1.29 is 4.39 Å². The Kier molecular flexibility index (Phi) is 3.93. The Labute approximate surface area is 125 Å². The van der Waals surface area contributed by atoms with Crippen LogP contribution in [0.2, 0.25) is 0 Å². The van der Waals surface area contributed by atoms with Crippen molar-refractivity contribution in [3.05, 3.63) is 65.5 Å². The van der Waals surface area contributed by atoms with E-state index in [0.29, 0.717) is 5.92 Å². The first-order chi connectivity index (χ1) is 10.1. The fraction of sp³-hybridized carbons (Fsp3) is 0.333. The molecule has 1 heterocycles. The molecule has 2 atom stereocenters. The van der Waals surface area contributed by atoms with Crippen molar-refractivity contribution in [2.75, 3.05) is 18.0 Å². The topological polar surface area (TPSA) is 29.3 Å². The van der Waals surface area contributed by atoms with Gasteiger partial charge in [0.2, 0.25) is 0 Å². The molecule has 0 bridgehead atoms. The average Bonchev–Trinajstić information content (AvgIpc) is 2.48. The molecule has 21 heavy (non-hydrogen) atoms. The van der Waals surface area contributed by atoms with Crippen molar-refractivity contribution in [2.45, 2.75) is 25.3 Å². The van der Waals surface area contributed by atoms with Crippen molar-refractivity contribution >= 4 is 5.69 Å². The number of halogens is 1. The fourth-order valence-electron chi connectivity index (χ4n) is 3.08. The Hall–Kier alpha value is -1.87. The lowest BCUT2D eigenvalue weighted by molar-refractivity contribution is 0.454. The molecular formula is C18H21FN2. The zero-order valence-electron chi connectivity index (χ0n) is 12.3. The zero-order valence-corrected chi connectivity index (χ0v) is 12.3. The van der Waals surface area contributed by atoms with Gasteiger partial charge in [0.25, 0.3) is 0 Å². The minimum atomic E-state index is -0.199. The Morgan fingerprint density at radius 2 is 1.67 bits per heavy atom. The molecule has 2 aromatic rings. The van der Waals surface area contributed by atoms with E-state index in [9.17, 15) is 4.39 Å². The highest BCUT2D eigenvalue weighted by molar-refractivity contribution is 5.48. The van der Waals surface area contributed by atoms with Crippen molar-refractivity contribution in [1.29, 1.82) is 0 Å². The van der Waals surface area contributed by atoms with Crippen molar-refractivity contribution in [2.24, 2.45) is 5.73 Å². The van der Waals surface area contributed by atoms with Crippen LogP contribution in [0.1, 0.15) is 23.5 Å². The highest BCUT2D eigenvalue weighted by Gasteiger charge is 2.26. The van der Waals surface area contributed by atoms with Crippen LogP contribution >= 0.6 is 0 Å². The molecule has 1 saturated heterocycles. The van der Waals surface area contributed by atoms with Crippen LogP contribution in [-0.2, 0) is 0 Å². The van der Waals surface area contributed by atoms with Gasteiger partial charge in [0.05, 0.1) is 0 Å². The summed E-state index contributed by atoms with van der Waals surface area (Å²) in [6, 6.07) is 15.5. The van der Waals surface area contributed by atoms with Crippen LogP contribution in [-0.4, -0.2) is 19.1 Å². The summed E-state index contributed by atoms with van der Waals surface area (Å²) < 4.78 is 13.1. The van der Waals surface area contributed by atoms with Crippen LogP contribution in [0, 0.1) is 12.7 Å². The number of hydrogen-bond donors (Lipinski definition) is 1. The predicted molar refractivity (Wildman–Crippen MR) is 85.1 cm³/mol. The molecule has 0 aromatic heterocycles. The molecule has 0 aliphatic carbocycles. The SMILES string of the molecule is Cc1ccc(C2CC(N)CN(c3ccc(F)cc3)C2)cc1. The maximum atomic E-state index is 13.1. The average molecular weight is 284 g/mol. The van der Waals surface area contributed by atoms with Crippen LogP contribution in [0.5, 0.6) is 0 Å². The van der Waals surface area contributed by atoms with Gasteiger partial charge in [0, 0.05) is 30.7 Å². The highest BCUT2D eigenvalue weighted by atomic mass is 19.1. The van der Waals surface area contributed by atoms with Gasteiger partial charge in [0.1, 0.15) is 5.82 Å². The molecule has 2 aromatic carbocycles. The van der Waals surface area contributed by atoms with E-state index in [4.69, 9.17) is 5.73 Å². The Morgan fingerprint density at radius 3 is 2.33 bits per heavy atom. The van der Waals surface area contributed by atoms with Crippen LogP contribution < -0.4 is 10.6 Å². The smallest absolute Gasteiger partial charge is 0.123 e. The van der Waals surface area contributed by atoms with Crippen molar-refractivity contribution in [3.63, 3.8) is 0 Å². The molecule has 0 amide bonds. The Balaban J connectivity index is 1.81. The molecule has 3 heteroatoms. The number of aryl methyl sites for hydroxylation is 1. The summed E-state index contributed by atoms with van der Waals surface area (Å²) in [6.07, 6.45) is 1.00. The number of rotatable bonds is 2. The van der Waals surface area contributed by atoms with Crippen LogP contribution in [0.25, 0.3) is 0 Å². The number of nitrogens with zero attached hydrogens (tertiary/aromatic N) is 1. The predicted octanol–water partition coefficient (Wildman–Crippen LogP) is 3.46. The minimum absolute atomic E-state index is 0.148. The van der Waals surface area contributed by atoms with E-state index in [1.807, 2.05) is 12.1 Å². The number of hydrogen-bond acceptors (Lipinski definition) is 2. The highest BCUT2D eigenvalue weighted by Crippen LogP contribution is 2.29. The molecule has 110 valence electrons. The summed E-state index contributed by atoms with van der Waals surface area (Å²) in [4.78, 5) is 2.26. The zero-order chi connectivity index (χ0) is 14.8. The standard InChI is InChI=1S/C18H21FN2/c1-13-2-4-14(5-3-13)15-10-17(20)12-21(11-15)18-8-6-16(19)7-9-18/h2-9,15,17H,10-12,20H2,1H3. The maximum Gasteiger partial charge on any atom is 0.123 e. The quantitative estimate of drug-likeness (QED) is 0.915. The van der Waals surface area contributed by atoms with Gasteiger partial charge >= 0.3 is 0 Å². The van der Waals surface area contributed by atoms with E-state index in [-0.39, 0.29) is 11.9 Å². The van der Waals surface area contributed by atoms with E-state index in [2.05, 4.69) is 36.1 Å². The Morgan fingerprint density at radius 1 is 1.00 bits per heavy atom. The van der Waals surface area contributed by atoms with Gasteiger partial charge in [-0.3, -0.25) is 0 Å². The molecule has 1 fully saturated rings. The lowest BCUT2D eigenvalue weighted by Crippen LogP contribution is -2.46. The molecule has 2 unspecified atom stereocenters. The first kappa shape index (κ1) is 14.1.